The van der Waals surface area contributed by atoms with Crippen LogP contribution in [-0.4, -0.2) is 67.0 Å². The molecule has 0 atom stereocenters. The minimum Gasteiger partial charge on any atom is -0.851 e. The maximum absolute atomic E-state index is 12.9. The zero-order chi connectivity index (χ0) is 29.1. The van der Waals surface area contributed by atoms with E-state index in [0.717, 1.165) is 10.6 Å². The van der Waals surface area contributed by atoms with Gasteiger partial charge in [0.15, 0.2) is 0 Å². The van der Waals surface area contributed by atoms with Gasteiger partial charge in [-0.15, -0.1) is 12.2 Å². The van der Waals surface area contributed by atoms with Gasteiger partial charge in [-0.05, 0) is 11.8 Å². The van der Waals surface area contributed by atoms with Gasteiger partial charge in [0.05, 0.1) is 0 Å². The van der Waals surface area contributed by atoms with Crippen molar-refractivity contribution in [3.05, 3.63) is 23.3 Å². The largest absolute Gasteiger partial charge is 0.851 e. The molecule has 1 aliphatic carbocycles. The molecule has 1 aliphatic rings. The van der Waals surface area contributed by atoms with Crippen molar-refractivity contribution in [2.45, 2.75) is 36.4 Å². The first-order chi connectivity index (χ1) is 17.3. The fourth-order valence-corrected chi connectivity index (χ4v) is 3.92. The van der Waals surface area contributed by atoms with Crippen LogP contribution in [0.5, 0.6) is 34.5 Å². The van der Waals surface area contributed by atoms with Crippen molar-refractivity contribution in [1.82, 2.24) is 0 Å². The van der Waals surface area contributed by atoms with E-state index in [0.29, 0.717) is 12.1 Å². The van der Waals surface area contributed by atoms with Crippen molar-refractivity contribution in [1.29, 1.82) is 0 Å². The molecule has 12 nitrogen and oxygen atoms in total. The molecule has 0 bridgehead atoms. The molecule has 1 fully saturated rings. The van der Waals surface area contributed by atoms with E-state index in [2.05, 4.69) is 0 Å². The first-order valence-electron chi connectivity index (χ1n) is 9.92. The smallest absolute Gasteiger partial charge is 0.471 e. The van der Waals surface area contributed by atoms with Gasteiger partial charge in [-0.2, -0.15) is 26.3 Å². The number of phenolic OH excluding ortho intramolecular Hbond substituents is 6. The van der Waals surface area contributed by atoms with Gasteiger partial charge in [-0.25, -0.2) is 0 Å². The average molecular weight is 556 g/mol. The minimum atomic E-state index is -5.51. The van der Waals surface area contributed by atoms with Gasteiger partial charge in [-0.3, -0.25) is 9.59 Å². The Hall–Kier alpha value is -4.32. The summed E-state index contributed by atoms with van der Waals surface area (Å²) in [6, 6.07) is 0.599. The van der Waals surface area contributed by atoms with Crippen LogP contribution in [0.2, 0.25) is 0 Å². The van der Waals surface area contributed by atoms with Crippen molar-refractivity contribution in [3.8, 4) is 34.5 Å². The molecule has 0 saturated heterocycles. The van der Waals surface area contributed by atoms with Gasteiger partial charge in [-0.1, -0.05) is 0 Å². The molecule has 2 aromatic rings. The molecule has 0 spiro atoms. The topological polar surface area (TPSA) is 226 Å². The molecule has 38 heavy (non-hydrogen) atoms. The lowest BCUT2D eigenvalue weighted by Crippen LogP contribution is -2.63. The van der Waals surface area contributed by atoms with Gasteiger partial charge in [0, 0.05) is 23.3 Å². The maximum Gasteiger partial charge on any atom is 0.471 e. The number of alkyl halides is 6. The number of hydrogen-bond acceptors (Lipinski definition) is 10. The van der Waals surface area contributed by atoms with Crippen molar-refractivity contribution in [2.75, 3.05) is 10.6 Å². The third-order valence-corrected chi connectivity index (χ3v) is 5.67. The average Bonchev–Trinajstić information content (AvgIpc) is 2.77. The van der Waals surface area contributed by atoms with Crippen LogP contribution in [0.25, 0.3) is 0 Å². The molecule has 208 valence electrons. The molecule has 2 aromatic carbocycles. The Labute approximate surface area is 205 Å². The van der Waals surface area contributed by atoms with E-state index in [1.807, 2.05) is 0 Å². The van der Waals surface area contributed by atoms with Crippen LogP contribution in [0.3, 0.4) is 0 Å². The number of benzene rings is 2. The first-order valence-corrected chi connectivity index (χ1v) is 9.92. The molecule has 0 aromatic heterocycles. The molecule has 2 amide bonds. The Morgan fingerprint density at radius 3 is 1.18 bits per heavy atom. The van der Waals surface area contributed by atoms with E-state index in [4.69, 9.17) is 0 Å². The SMILES string of the molecule is O=C(Nc1c(O)cc(O)c(C2C([O-])C(c3c(O)cc(O)c(NC(=O)C(F)(F)F)c3O)C2[O-])c1O)C(F)(F)F. The van der Waals surface area contributed by atoms with Gasteiger partial charge < -0.3 is 51.5 Å². The highest BCUT2D eigenvalue weighted by Crippen LogP contribution is 2.57. The van der Waals surface area contributed by atoms with Gasteiger partial charge in [0.1, 0.15) is 45.9 Å². The standard InChI is InChI=1S/C20H14F6N2O10/c21-19(22,23)17(37)27-11-5(31)1-3(29)7(15(11)35)9-13(33)10(14(9)34)8-4(30)2-6(32)12(16(8)36)28-18(38)20(24,25)26/h1-2,9-10,13-14,29-32,35-36H,(H,27,37)(H,28,38)/q-2. The molecule has 0 aliphatic heterocycles. The summed E-state index contributed by atoms with van der Waals surface area (Å²) in [5.41, 5.74) is -4.70. The molecule has 8 N–H and O–H groups in total. The number of aromatic hydroxyl groups is 6. The summed E-state index contributed by atoms with van der Waals surface area (Å²) in [6.45, 7) is 0. The van der Waals surface area contributed by atoms with Crippen LogP contribution in [-0.2, 0) is 9.59 Å². The summed E-state index contributed by atoms with van der Waals surface area (Å²) >= 11 is 0. The second-order valence-electron chi connectivity index (χ2n) is 7.99. The summed E-state index contributed by atoms with van der Waals surface area (Å²) in [4.78, 5) is 22.4. The Kier molecular flexibility index (Phi) is 6.85. The monoisotopic (exact) mass is 556 g/mol. The predicted molar refractivity (Wildman–Crippen MR) is 105 cm³/mol. The number of phenols is 6. The van der Waals surface area contributed by atoms with Crippen LogP contribution in [0.1, 0.15) is 23.0 Å². The second kappa shape index (κ2) is 9.21. The van der Waals surface area contributed by atoms with E-state index >= 15 is 0 Å². The molecule has 18 heteroatoms. The lowest BCUT2D eigenvalue weighted by atomic mass is 9.62. The fourth-order valence-electron chi connectivity index (χ4n) is 3.92. The first kappa shape index (κ1) is 28.3. The number of anilines is 2. The normalized spacial score (nSPS) is 21.5. The van der Waals surface area contributed by atoms with Crippen LogP contribution in [0.15, 0.2) is 12.1 Å². The van der Waals surface area contributed by atoms with Crippen molar-refractivity contribution in [2.24, 2.45) is 0 Å². The highest BCUT2D eigenvalue weighted by atomic mass is 19.4. The summed E-state index contributed by atoms with van der Waals surface area (Å²) in [5.74, 6) is -17.4. The van der Waals surface area contributed by atoms with Gasteiger partial charge in [0.25, 0.3) is 0 Å². The number of rotatable bonds is 4. The van der Waals surface area contributed by atoms with Crippen molar-refractivity contribution < 1.29 is 76.8 Å². The van der Waals surface area contributed by atoms with E-state index in [9.17, 15) is 76.8 Å². The number of nitrogens with one attached hydrogen (secondary N) is 2. The molecular formula is C20H14F6N2O10-2. The number of halogens is 6. The maximum atomic E-state index is 12.9. The summed E-state index contributed by atoms with van der Waals surface area (Å²) in [7, 11) is 0. The van der Waals surface area contributed by atoms with Crippen LogP contribution >= 0.6 is 0 Å². The third kappa shape index (κ3) is 4.70. The third-order valence-electron chi connectivity index (χ3n) is 5.67. The van der Waals surface area contributed by atoms with E-state index in [1.165, 1.54) is 0 Å². The zero-order valence-corrected chi connectivity index (χ0v) is 18.0. The highest BCUT2D eigenvalue weighted by molar-refractivity contribution is 5.99. The molecular weight excluding hydrogens is 542 g/mol. The summed E-state index contributed by atoms with van der Waals surface area (Å²) in [5, 5.41) is 88.2. The number of hydrogen-bond donors (Lipinski definition) is 8. The summed E-state index contributed by atoms with van der Waals surface area (Å²) in [6.07, 6.45) is -15.8. The molecule has 0 radical (unpaired) electrons. The fraction of sp³-hybridized carbons (Fsp3) is 0.300. The lowest BCUT2D eigenvalue weighted by Gasteiger charge is -2.61. The zero-order valence-electron chi connectivity index (χ0n) is 18.0. The lowest BCUT2D eigenvalue weighted by molar-refractivity contribution is -0.536. The van der Waals surface area contributed by atoms with Crippen LogP contribution < -0.4 is 20.8 Å². The van der Waals surface area contributed by atoms with Crippen molar-refractivity contribution in [3.63, 3.8) is 0 Å². The molecule has 3 rings (SSSR count). The number of amides is 2. The van der Waals surface area contributed by atoms with E-state index in [-0.39, 0.29) is 0 Å². The second-order valence-corrected chi connectivity index (χ2v) is 7.99. The molecule has 0 unspecified atom stereocenters. The Balaban J connectivity index is 2.03. The van der Waals surface area contributed by atoms with Gasteiger partial charge >= 0.3 is 24.2 Å². The van der Waals surface area contributed by atoms with E-state index < -0.39 is 105 Å². The predicted octanol–water partition coefficient (Wildman–Crippen LogP) is 0.261. The van der Waals surface area contributed by atoms with E-state index in [1.54, 1.807) is 0 Å². The Bertz CT molecular complexity index is 1210. The number of carbonyl (C=O) groups excluding carboxylic acids is 2. The number of carbonyl (C=O) groups is 2. The van der Waals surface area contributed by atoms with Crippen LogP contribution in [0, 0.1) is 0 Å². The molecule has 1 saturated carbocycles. The van der Waals surface area contributed by atoms with Crippen molar-refractivity contribution >= 4 is 23.2 Å². The Morgan fingerprint density at radius 2 is 0.921 bits per heavy atom. The van der Waals surface area contributed by atoms with Crippen LogP contribution in [0.4, 0.5) is 37.7 Å². The minimum absolute atomic E-state index is 0.300. The summed E-state index contributed by atoms with van der Waals surface area (Å²) < 4.78 is 75.5. The highest BCUT2D eigenvalue weighted by Gasteiger charge is 2.46. The Morgan fingerprint density at radius 1 is 0.632 bits per heavy atom. The van der Waals surface area contributed by atoms with Gasteiger partial charge in [0.2, 0.25) is 0 Å². The quantitative estimate of drug-likeness (QED) is 0.146. The molecule has 0 heterocycles.